The molecule has 26 heavy (non-hydrogen) atoms. The van der Waals surface area contributed by atoms with Crippen molar-refractivity contribution in [3.05, 3.63) is 36.0 Å². The lowest BCUT2D eigenvalue weighted by Crippen LogP contribution is -3.00. The summed E-state index contributed by atoms with van der Waals surface area (Å²) in [7, 11) is 1.88. The summed E-state index contributed by atoms with van der Waals surface area (Å²) in [5, 5.41) is 3.63. The zero-order valence-electron chi connectivity index (χ0n) is 15.3. The van der Waals surface area contributed by atoms with Crippen LogP contribution >= 0.6 is 0 Å². The molecule has 1 aliphatic rings. The normalized spacial score (nSPS) is 13.6. The molecule has 0 atom stereocenters. The number of benzene rings is 1. The van der Waals surface area contributed by atoms with Crippen LogP contribution in [0.25, 0.3) is 10.9 Å². The van der Waals surface area contributed by atoms with Crippen LogP contribution in [-0.4, -0.2) is 36.0 Å². The number of rotatable bonds is 3. The molecular formula is C19H24IN3O3. The van der Waals surface area contributed by atoms with Crippen molar-refractivity contribution in [3.8, 4) is 5.75 Å². The summed E-state index contributed by atoms with van der Waals surface area (Å²) in [6, 6.07) is 7.38. The maximum Gasteiger partial charge on any atom is 0.415 e. The highest BCUT2D eigenvalue weighted by molar-refractivity contribution is 5.98. The predicted octanol–water partition coefficient (Wildman–Crippen LogP) is -0.599. The largest absolute Gasteiger partial charge is 1.00 e. The minimum absolute atomic E-state index is 0. The Hall–Kier alpha value is -1.90. The first-order valence-electron chi connectivity index (χ1n) is 8.65. The number of aromatic nitrogens is 1. The predicted molar refractivity (Wildman–Crippen MR) is 94.6 cm³/mol. The second kappa shape index (κ2) is 8.66. The first-order valence-corrected chi connectivity index (χ1v) is 8.65. The molecule has 1 fully saturated rings. The molecule has 6 nitrogen and oxygen atoms in total. The van der Waals surface area contributed by atoms with Gasteiger partial charge in [-0.15, -0.1) is 0 Å². The third kappa shape index (κ3) is 4.44. The number of carbonyl (C=O) groups is 2. The quantitative estimate of drug-likeness (QED) is 0.483. The Morgan fingerprint density at radius 1 is 1.23 bits per heavy atom. The number of pyridine rings is 1. The third-order valence-corrected chi connectivity index (χ3v) is 4.30. The topological polar surface area (TPSA) is 62.5 Å². The molecule has 7 heteroatoms. The fraction of sp³-hybridized carbons (Fsp3) is 0.421. The van der Waals surface area contributed by atoms with E-state index in [1.807, 2.05) is 37.6 Å². The van der Waals surface area contributed by atoms with Crippen LogP contribution in [-0.2, 0) is 7.05 Å². The number of halogens is 1. The smallest absolute Gasteiger partial charge is 0.415 e. The first-order chi connectivity index (χ1) is 12.0. The summed E-state index contributed by atoms with van der Waals surface area (Å²) < 4.78 is 7.50. The van der Waals surface area contributed by atoms with Crippen LogP contribution in [0.15, 0.2) is 30.5 Å². The zero-order valence-corrected chi connectivity index (χ0v) is 17.4. The SMILES string of the molecule is CC(C)NC(=O)c1cc2c(OC(=O)N3CCCC3)cccc2[n+](C)c1.[I-]. The number of ether oxygens (including phenoxy) is 1. The van der Waals surface area contributed by atoms with Crippen molar-refractivity contribution in [3.63, 3.8) is 0 Å². The number of aryl methyl sites for hydroxylation is 1. The third-order valence-electron chi connectivity index (χ3n) is 4.30. The average Bonchev–Trinajstić information content (AvgIpc) is 3.09. The number of carbonyl (C=O) groups excluding carboxylic acids is 2. The highest BCUT2D eigenvalue weighted by atomic mass is 127. The van der Waals surface area contributed by atoms with E-state index >= 15 is 0 Å². The van der Waals surface area contributed by atoms with Crippen LogP contribution in [0.1, 0.15) is 37.0 Å². The van der Waals surface area contributed by atoms with Crippen LogP contribution in [0.2, 0.25) is 0 Å². The summed E-state index contributed by atoms with van der Waals surface area (Å²) >= 11 is 0. The number of nitrogens with one attached hydrogen (secondary N) is 1. The molecule has 0 unspecified atom stereocenters. The van der Waals surface area contributed by atoms with Gasteiger partial charge in [-0.25, -0.2) is 9.36 Å². The maximum atomic E-state index is 12.4. The Labute approximate surface area is 170 Å². The van der Waals surface area contributed by atoms with Crippen molar-refractivity contribution in [1.82, 2.24) is 10.2 Å². The molecule has 1 saturated heterocycles. The van der Waals surface area contributed by atoms with Crippen molar-refractivity contribution in [2.45, 2.75) is 32.7 Å². The number of likely N-dealkylation sites (tertiary alicyclic amines) is 1. The minimum atomic E-state index is -0.329. The molecule has 0 saturated carbocycles. The van der Waals surface area contributed by atoms with Gasteiger partial charge in [0, 0.05) is 25.2 Å². The molecule has 1 aliphatic heterocycles. The zero-order chi connectivity index (χ0) is 18.0. The standard InChI is InChI=1S/C19H23N3O3.HI/c1-13(2)20-18(23)14-11-15-16(21(3)12-14)7-6-8-17(15)25-19(24)22-9-4-5-10-22;/h6-8,11-13H,4-5,9-10H2,1-3H3;1H. The van der Waals surface area contributed by atoms with Crippen LogP contribution in [0, 0.1) is 0 Å². The van der Waals surface area contributed by atoms with Gasteiger partial charge in [-0.05, 0) is 38.8 Å². The van der Waals surface area contributed by atoms with Gasteiger partial charge in [0.25, 0.3) is 5.91 Å². The van der Waals surface area contributed by atoms with Crippen LogP contribution in [0.3, 0.4) is 0 Å². The monoisotopic (exact) mass is 469 g/mol. The van der Waals surface area contributed by atoms with Gasteiger partial charge in [0.2, 0.25) is 5.52 Å². The fourth-order valence-electron chi connectivity index (χ4n) is 3.07. The van der Waals surface area contributed by atoms with E-state index in [-0.39, 0.29) is 42.0 Å². The molecule has 140 valence electrons. The number of nitrogens with zero attached hydrogens (tertiary/aromatic N) is 2. The molecule has 1 aromatic heterocycles. The number of fused-ring (bicyclic) bond motifs is 1. The van der Waals surface area contributed by atoms with Crippen molar-refractivity contribution in [2.75, 3.05) is 13.1 Å². The van der Waals surface area contributed by atoms with Gasteiger partial charge in [-0.1, -0.05) is 6.07 Å². The molecule has 0 spiro atoms. The minimum Gasteiger partial charge on any atom is -1.00 e. The van der Waals surface area contributed by atoms with E-state index in [1.54, 1.807) is 23.2 Å². The summed E-state index contributed by atoms with van der Waals surface area (Å²) in [6.07, 6.45) is 3.48. The Morgan fingerprint density at radius 2 is 1.92 bits per heavy atom. The number of hydrogen-bond donors (Lipinski definition) is 1. The molecule has 2 amide bonds. The lowest BCUT2D eigenvalue weighted by molar-refractivity contribution is -0.645. The summed E-state index contributed by atoms with van der Waals surface area (Å²) in [5.74, 6) is 0.331. The van der Waals surface area contributed by atoms with Crippen molar-refractivity contribution in [1.29, 1.82) is 0 Å². The van der Waals surface area contributed by atoms with E-state index < -0.39 is 0 Å². The van der Waals surface area contributed by atoms with Crippen LogP contribution in [0.5, 0.6) is 5.75 Å². The van der Waals surface area contributed by atoms with Crippen LogP contribution < -0.4 is 38.6 Å². The summed E-state index contributed by atoms with van der Waals surface area (Å²) in [4.78, 5) is 26.4. The Bertz CT molecular complexity index is 817. The summed E-state index contributed by atoms with van der Waals surface area (Å²) in [6.45, 7) is 5.31. The first kappa shape index (κ1) is 20.4. The lowest BCUT2D eigenvalue weighted by atomic mass is 10.1. The van der Waals surface area contributed by atoms with Gasteiger partial charge in [-0.3, -0.25) is 4.79 Å². The van der Waals surface area contributed by atoms with Crippen molar-refractivity contribution >= 4 is 22.9 Å². The van der Waals surface area contributed by atoms with E-state index in [9.17, 15) is 9.59 Å². The molecule has 3 rings (SSSR count). The van der Waals surface area contributed by atoms with E-state index in [0.717, 1.165) is 36.8 Å². The van der Waals surface area contributed by atoms with E-state index in [0.29, 0.717) is 11.3 Å². The second-order valence-corrected chi connectivity index (χ2v) is 6.72. The van der Waals surface area contributed by atoms with E-state index in [4.69, 9.17) is 4.74 Å². The lowest BCUT2D eigenvalue weighted by Gasteiger charge is -2.15. The van der Waals surface area contributed by atoms with E-state index in [1.165, 1.54) is 0 Å². The van der Waals surface area contributed by atoms with Gasteiger partial charge < -0.3 is 38.9 Å². The number of hydrogen-bond acceptors (Lipinski definition) is 3. The molecule has 0 bridgehead atoms. The van der Waals surface area contributed by atoms with Gasteiger partial charge in [-0.2, -0.15) is 0 Å². The van der Waals surface area contributed by atoms with Crippen molar-refractivity contribution in [2.24, 2.45) is 7.05 Å². The Morgan fingerprint density at radius 3 is 2.58 bits per heavy atom. The number of amides is 2. The van der Waals surface area contributed by atoms with Gasteiger partial charge >= 0.3 is 6.09 Å². The molecule has 2 heterocycles. The average molecular weight is 469 g/mol. The Kier molecular flexibility index (Phi) is 6.80. The van der Waals surface area contributed by atoms with Crippen LogP contribution in [0.4, 0.5) is 4.79 Å². The van der Waals surface area contributed by atoms with E-state index in [2.05, 4.69) is 5.32 Å². The molecule has 0 aliphatic carbocycles. The van der Waals surface area contributed by atoms with Gasteiger partial charge in [0.05, 0.1) is 5.39 Å². The second-order valence-electron chi connectivity index (χ2n) is 6.72. The highest BCUT2D eigenvalue weighted by Gasteiger charge is 2.22. The molecule has 2 aromatic rings. The highest BCUT2D eigenvalue weighted by Crippen LogP contribution is 2.25. The van der Waals surface area contributed by atoms with Gasteiger partial charge in [0.15, 0.2) is 6.20 Å². The molecule has 0 radical (unpaired) electrons. The van der Waals surface area contributed by atoms with Crippen molar-refractivity contribution < 1.29 is 42.9 Å². The van der Waals surface area contributed by atoms with Gasteiger partial charge in [0.1, 0.15) is 18.4 Å². The molecule has 1 N–H and O–H groups in total. The maximum absolute atomic E-state index is 12.4. The molecule has 1 aromatic carbocycles. The summed E-state index contributed by atoms with van der Waals surface area (Å²) in [5.41, 5.74) is 1.43. The molecular weight excluding hydrogens is 445 g/mol. The Balaban J connectivity index is 0.00000243. The fourth-order valence-corrected chi connectivity index (χ4v) is 3.07.